The van der Waals surface area contributed by atoms with Gasteiger partial charge in [0.15, 0.2) is 6.10 Å². The molecule has 0 bridgehead atoms. The molecule has 16 heavy (non-hydrogen) atoms. The third-order valence-corrected chi connectivity index (χ3v) is 2.79. The number of hydrogen-bond donors (Lipinski definition) is 2. The summed E-state index contributed by atoms with van der Waals surface area (Å²) in [6.45, 7) is 1.09. The van der Waals surface area contributed by atoms with Gasteiger partial charge in [-0.1, -0.05) is 17.7 Å². The van der Waals surface area contributed by atoms with E-state index in [1.54, 1.807) is 12.1 Å². The standard InChI is InChI=1S/C11H13ClN2O2/c12-8-5-7(6-13)1-2-9(8)16-10-3-4-14-11(10)15/h1-2,5,10H,3-4,6,13H2,(H,14,15). The van der Waals surface area contributed by atoms with Crippen LogP contribution < -0.4 is 15.8 Å². The maximum Gasteiger partial charge on any atom is 0.261 e. The Morgan fingerprint density at radius 3 is 2.94 bits per heavy atom. The predicted molar refractivity (Wildman–Crippen MR) is 61.4 cm³/mol. The van der Waals surface area contributed by atoms with Gasteiger partial charge in [0.1, 0.15) is 5.75 Å². The van der Waals surface area contributed by atoms with Gasteiger partial charge in [0, 0.05) is 19.5 Å². The predicted octanol–water partition coefficient (Wildman–Crippen LogP) is 1.07. The lowest BCUT2D eigenvalue weighted by Gasteiger charge is -2.12. The first kappa shape index (κ1) is 11.2. The van der Waals surface area contributed by atoms with E-state index in [9.17, 15) is 4.79 Å². The summed E-state index contributed by atoms with van der Waals surface area (Å²) in [7, 11) is 0. The highest BCUT2D eigenvalue weighted by Gasteiger charge is 2.26. The van der Waals surface area contributed by atoms with Gasteiger partial charge in [-0.3, -0.25) is 4.79 Å². The molecule has 1 heterocycles. The highest BCUT2D eigenvalue weighted by Crippen LogP contribution is 2.27. The Kier molecular flexibility index (Phi) is 3.31. The average molecular weight is 241 g/mol. The monoisotopic (exact) mass is 240 g/mol. The van der Waals surface area contributed by atoms with E-state index in [1.165, 1.54) is 0 Å². The maximum absolute atomic E-state index is 11.3. The molecule has 1 atom stereocenters. The van der Waals surface area contributed by atoms with Gasteiger partial charge in [-0.2, -0.15) is 0 Å². The number of rotatable bonds is 3. The first-order chi connectivity index (χ1) is 7.70. The van der Waals surface area contributed by atoms with Crippen LogP contribution in [0.3, 0.4) is 0 Å². The SMILES string of the molecule is NCc1ccc(OC2CCNC2=O)c(Cl)c1. The minimum Gasteiger partial charge on any atom is -0.479 e. The van der Waals surface area contributed by atoms with Crippen molar-refractivity contribution in [3.63, 3.8) is 0 Å². The van der Waals surface area contributed by atoms with Crippen LogP contribution >= 0.6 is 11.6 Å². The Labute approximate surface area is 98.7 Å². The molecule has 5 heteroatoms. The lowest BCUT2D eigenvalue weighted by atomic mass is 10.2. The summed E-state index contributed by atoms with van der Waals surface area (Å²) in [5, 5.41) is 3.19. The van der Waals surface area contributed by atoms with Crippen LogP contribution in [0.4, 0.5) is 0 Å². The van der Waals surface area contributed by atoms with Gasteiger partial charge in [0.05, 0.1) is 5.02 Å². The number of nitrogens with one attached hydrogen (secondary N) is 1. The second-order valence-electron chi connectivity index (χ2n) is 3.66. The minimum absolute atomic E-state index is 0.0843. The molecule has 1 fully saturated rings. The summed E-state index contributed by atoms with van der Waals surface area (Å²) < 4.78 is 5.53. The molecule has 1 amide bonds. The van der Waals surface area contributed by atoms with E-state index < -0.39 is 6.10 Å². The lowest BCUT2D eigenvalue weighted by molar-refractivity contribution is -0.124. The van der Waals surface area contributed by atoms with E-state index in [-0.39, 0.29) is 5.91 Å². The number of halogens is 1. The summed E-state index contributed by atoms with van der Waals surface area (Å²) >= 11 is 6.02. The van der Waals surface area contributed by atoms with Gasteiger partial charge >= 0.3 is 0 Å². The third-order valence-electron chi connectivity index (χ3n) is 2.50. The normalized spacial score (nSPS) is 19.6. The molecule has 0 radical (unpaired) electrons. The first-order valence-corrected chi connectivity index (χ1v) is 5.51. The van der Waals surface area contributed by atoms with Gasteiger partial charge in [0.25, 0.3) is 5.91 Å². The van der Waals surface area contributed by atoms with E-state index in [4.69, 9.17) is 22.1 Å². The summed E-state index contributed by atoms with van der Waals surface area (Å²) in [5.41, 5.74) is 6.43. The largest absolute Gasteiger partial charge is 0.479 e. The highest BCUT2D eigenvalue weighted by atomic mass is 35.5. The van der Waals surface area contributed by atoms with E-state index in [0.717, 1.165) is 5.56 Å². The molecule has 0 aromatic heterocycles. The fourth-order valence-electron chi connectivity index (χ4n) is 1.60. The molecule has 1 aliphatic heterocycles. The van der Waals surface area contributed by atoms with Crippen molar-refractivity contribution in [2.24, 2.45) is 5.73 Å². The van der Waals surface area contributed by atoms with Crippen LogP contribution in [0.5, 0.6) is 5.75 Å². The van der Waals surface area contributed by atoms with Crippen molar-refractivity contribution in [1.29, 1.82) is 0 Å². The topological polar surface area (TPSA) is 64.3 Å². The number of carbonyl (C=O) groups excluding carboxylic acids is 1. The quantitative estimate of drug-likeness (QED) is 0.831. The van der Waals surface area contributed by atoms with E-state index in [2.05, 4.69) is 5.32 Å². The van der Waals surface area contributed by atoms with Crippen LogP contribution in [0.15, 0.2) is 18.2 Å². The highest BCUT2D eigenvalue weighted by molar-refractivity contribution is 6.32. The zero-order valence-electron chi connectivity index (χ0n) is 8.70. The Morgan fingerprint density at radius 2 is 2.38 bits per heavy atom. The molecule has 1 aliphatic rings. The number of ether oxygens (including phenoxy) is 1. The van der Waals surface area contributed by atoms with Gasteiger partial charge < -0.3 is 15.8 Å². The van der Waals surface area contributed by atoms with Crippen LogP contribution in [-0.2, 0) is 11.3 Å². The number of amides is 1. The minimum atomic E-state index is -0.429. The van der Waals surface area contributed by atoms with E-state index >= 15 is 0 Å². The van der Waals surface area contributed by atoms with Gasteiger partial charge in [0.2, 0.25) is 0 Å². The maximum atomic E-state index is 11.3. The van der Waals surface area contributed by atoms with Crippen molar-refractivity contribution in [1.82, 2.24) is 5.32 Å². The van der Waals surface area contributed by atoms with Crippen LogP contribution in [0, 0.1) is 0 Å². The molecule has 4 nitrogen and oxygen atoms in total. The molecule has 86 valence electrons. The zero-order chi connectivity index (χ0) is 11.5. The Bertz CT molecular complexity index is 409. The lowest BCUT2D eigenvalue weighted by Crippen LogP contribution is -2.27. The molecule has 3 N–H and O–H groups in total. The molecule has 0 aliphatic carbocycles. The molecule has 1 aromatic carbocycles. The van der Waals surface area contributed by atoms with Crippen molar-refractivity contribution in [3.8, 4) is 5.75 Å². The molecule has 0 saturated carbocycles. The Hall–Kier alpha value is -1.26. The van der Waals surface area contributed by atoms with Crippen molar-refractivity contribution >= 4 is 17.5 Å². The van der Waals surface area contributed by atoms with Crippen LogP contribution in [-0.4, -0.2) is 18.6 Å². The summed E-state index contributed by atoms with van der Waals surface area (Å²) in [6.07, 6.45) is 0.245. The van der Waals surface area contributed by atoms with Gasteiger partial charge in [-0.05, 0) is 17.7 Å². The number of nitrogens with two attached hydrogens (primary N) is 1. The van der Waals surface area contributed by atoms with Gasteiger partial charge in [-0.25, -0.2) is 0 Å². The summed E-state index contributed by atoms with van der Waals surface area (Å²) in [6, 6.07) is 5.34. The third kappa shape index (κ3) is 2.28. The molecule has 0 spiro atoms. The molecular weight excluding hydrogens is 228 g/mol. The summed E-state index contributed by atoms with van der Waals surface area (Å²) in [5.74, 6) is 0.444. The second kappa shape index (κ2) is 4.72. The number of carbonyl (C=O) groups is 1. The van der Waals surface area contributed by atoms with Crippen molar-refractivity contribution in [3.05, 3.63) is 28.8 Å². The Morgan fingerprint density at radius 1 is 1.56 bits per heavy atom. The first-order valence-electron chi connectivity index (χ1n) is 5.13. The van der Waals surface area contributed by atoms with E-state index in [1.807, 2.05) is 6.07 Å². The number of hydrogen-bond acceptors (Lipinski definition) is 3. The summed E-state index contributed by atoms with van der Waals surface area (Å²) in [4.78, 5) is 11.3. The molecule has 1 aromatic rings. The van der Waals surface area contributed by atoms with Crippen molar-refractivity contribution in [2.75, 3.05) is 6.54 Å². The Balaban J connectivity index is 2.12. The van der Waals surface area contributed by atoms with Crippen molar-refractivity contribution < 1.29 is 9.53 Å². The fourth-order valence-corrected chi connectivity index (χ4v) is 1.85. The van der Waals surface area contributed by atoms with Gasteiger partial charge in [-0.15, -0.1) is 0 Å². The fraction of sp³-hybridized carbons (Fsp3) is 0.364. The van der Waals surface area contributed by atoms with E-state index in [0.29, 0.717) is 30.3 Å². The average Bonchev–Trinajstić information content (AvgIpc) is 2.67. The molecular formula is C11H13ClN2O2. The van der Waals surface area contributed by atoms with Crippen LogP contribution in [0.25, 0.3) is 0 Å². The van der Waals surface area contributed by atoms with Crippen molar-refractivity contribution in [2.45, 2.75) is 19.1 Å². The molecule has 1 saturated heterocycles. The molecule has 1 unspecified atom stereocenters. The van der Waals surface area contributed by atoms with Crippen LogP contribution in [0.1, 0.15) is 12.0 Å². The molecule has 2 rings (SSSR count). The van der Waals surface area contributed by atoms with Crippen LogP contribution in [0.2, 0.25) is 5.02 Å². The smallest absolute Gasteiger partial charge is 0.261 e. The zero-order valence-corrected chi connectivity index (χ0v) is 9.46. The number of benzene rings is 1. The second-order valence-corrected chi connectivity index (χ2v) is 4.06.